The molecule has 1 heterocycles. The van der Waals surface area contributed by atoms with Crippen LogP contribution in [0, 0.1) is 17.8 Å². The third-order valence-corrected chi connectivity index (χ3v) is 7.14. The van der Waals surface area contributed by atoms with Gasteiger partial charge in [-0.2, -0.15) is 0 Å². The lowest BCUT2D eigenvalue weighted by Gasteiger charge is -2.32. The summed E-state index contributed by atoms with van der Waals surface area (Å²) in [6, 6.07) is 30.2. The van der Waals surface area contributed by atoms with E-state index in [-0.39, 0.29) is 0 Å². The normalized spacial score (nSPS) is 23.1. The zero-order valence-corrected chi connectivity index (χ0v) is 17.0. The Balaban J connectivity index is 1.37. The van der Waals surface area contributed by atoms with Crippen molar-refractivity contribution < 1.29 is 9.90 Å². The lowest BCUT2D eigenvalue weighted by molar-refractivity contribution is -0.142. The van der Waals surface area contributed by atoms with E-state index in [0.29, 0.717) is 24.2 Å². The number of fused-ring (bicyclic) bond motifs is 1. The van der Waals surface area contributed by atoms with E-state index in [1.165, 1.54) is 5.56 Å². The highest BCUT2D eigenvalue weighted by Crippen LogP contribution is 2.58. The zero-order valence-electron chi connectivity index (χ0n) is 17.0. The Morgan fingerprint density at radius 3 is 1.73 bits per heavy atom. The number of piperidine rings is 1. The molecule has 152 valence electrons. The maximum absolute atomic E-state index is 12.8. The van der Waals surface area contributed by atoms with Crippen molar-refractivity contribution in [2.45, 2.75) is 18.4 Å². The molecule has 2 fully saturated rings. The highest BCUT2D eigenvalue weighted by Gasteiger charge is 2.59. The van der Waals surface area contributed by atoms with E-state index in [1.807, 2.05) is 60.7 Å². The third-order valence-electron chi connectivity index (χ3n) is 7.14. The zero-order chi connectivity index (χ0) is 20.6. The Morgan fingerprint density at radius 1 is 0.800 bits per heavy atom. The third kappa shape index (κ3) is 3.33. The largest absolute Gasteiger partial charge is 0.480 e. The summed E-state index contributed by atoms with van der Waals surface area (Å²) >= 11 is 0. The molecular formula is C27H27NO2. The van der Waals surface area contributed by atoms with E-state index in [4.69, 9.17) is 0 Å². The van der Waals surface area contributed by atoms with E-state index in [9.17, 15) is 9.90 Å². The molecule has 0 bridgehead atoms. The molecule has 5 rings (SSSR count). The number of likely N-dealkylation sites (tertiary alicyclic amines) is 1. The van der Waals surface area contributed by atoms with Crippen LogP contribution in [0.25, 0.3) is 0 Å². The van der Waals surface area contributed by atoms with Crippen molar-refractivity contribution >= 4 is 5.97 Å². The van der Waals surface area contributed by atoms with Gasteiger partial charge in [-0.25, -0.2) is 0 Å². The van der Waals surface area contributed by atoms with Gasteiger partial charge < -0.3 is 5.11 Å². The Kier molecular flexibility index (Phi) is 4.92. The number of carbonyl (C=O) groups is 1. The van der Waals surface area contributed by atoms with Crippen molar-refractivity contribution in [1.82, 2.24) is 4.90 Å². The highest BCUT2D eigenvalue weighted by molar-refractivity contribution is 5.86. The smallest absolute Gasteiger partial charge is 0.318 e. The summed E-state index contributed by atoms with van der Waals surface area (Å²) in [5.74, 6) is 0.944. The second-order valence-corrected chi connectivity index (χ2v) is 8.82. The van der Waals surface area contributed by atoms with Crippen LogP contribution in [-0.4, -0.2) is 29.1 Å². The van der Waals surface area contributed by atoms with Crippen LogP contribution in [-0.2, 0) is 16.8 Å². The van der Waals surface area contributed by atoms with Gasteiger partial charge in [0.25, 0.3) is 0 Å². The summed E-state index contributed by atoms with van der Waals surface area (Å²) in [6.07, 6.45) is 0.671. The molecule has 1 aliphatic heterocycles. The number of benzene rings is 3. The second kappa shape index (κ2) is 7.73. The molecule has 1 N–H and O–H groups in total. The summed E-state index contributed by atoms with van der Waals surface area (Å²) in [7, 11) is 0. The van der Waals surface area contributed by atoms with Gasteiger partial charge in [0.05, 0.1) is 0 Å². The van der Waals surface area contributed by atoms with Crippen LogP contribution in [0.1, 0.15) is 23.1 Å². The molecule has 3 nitrogen and oxygen atoms in total. The Bertz CT molecular complexity index is 951. The molecule has 3 aromatic rings. The van der Waals surface area contributed by atoms with Gasteiger partial charge in [-0.1, -0.05) is 91.0 Å². The van der Waals surface area contributed by atoms with Crippen LogP contribution in [0.4, 0.5) is 0 Å². The molecule has 0 spiro atoms. The molecule has 3 aromatic carbocycles. The van der Waals surface area contributed by atoms with E-state index in [2.05, 4.69) is 35.2 Å². The number of nitrogens with zero attached hydrogens (tertiary/aromatic N) is 1. The van der Waals surface area contributed by atoms with Crippen molar-refractivity contribution in [2.24, 2.45) is 17.8 Å². The quantitative estimate of drug-likeness (QED) is 0.621. The van der Waals surface area contributed by atoms with E-state index >= 15 is 0 Å². The van der Waals surface area contributed by atoms with Gasteiger partial charge >= 0.3 is 5.97 Å². The molecule has 3 heteroatoms. The average Bonchev–Trinajstić information content (AvgIpc) is 3.22. The summed E-state index contributed by atoms with van der Waals surface area (Å²) in [5.41, 5.74) is 2.13. The first-order chi connectivity index (χ1) is 14.7. The molecule has 1 saturated heterocycles. The minimum atomic E-state index is -0.984. The fourth-order valence-electron chi connectivity index (χ4n) is 5.55. The number of hydrogen-bond acceptors (Lipinski definition) is 2. The predicted octanol–water partition coefficient (Wildman–Crippen LogP) is 4.83. The van der Waals surface area contributed by atoms with Gasteiger partial charge in [0.2, 0.25) is 0 Å². The predicted molar refractivity (Wildman–Crippen MR) is 118 cm³/mol. The van der Waals surface area contributed by atoms with Crippen LogP contribution in [0.3, 0.4) is 0 Å². The van der Waals surface area contributed by atoms with E-state index in [1.54, 1.807) is 0 Å². The van der Waals surface area contributed by atoms with E-state index < -0.39 is 11.4 Å². The molecule has 0 radical (unpaired) electrons. The fraction of sp³-hybridized carbons (Fsp3) is 0.296. The molecule has 0 amide bonds. The lowest BCUT2D eigenvalue weighted by Crippen LogP contribution is -2.39. The monoisotopic (exact) mass is 397 g/mol. The first-order valence-electron chi connectivity index (χ1n) is 10.8. The lowest BCUT2D eigenvalue weighted by atomic mass is 9.70. The van der Waals surface area contributed by atoms with Crippen LogP contribution in [0.15, 0.2) is 91.0 Å². The molecule has 2 atom stereocenters. The summed E-state index contributed by atoms with van der Waals surface area (Å²) in [6.45, 7) is 3.13. The number of aliphatic carboxylic acids is 1. The highest BCUT2D eigenvalue weighted by atomic mass is 16.4. The number of carboxylic acid groups (broad SMARTS) is 1. The van der Waals surface area contributed by atoms with Crippen molar-refractivity contribution in [3.63, 3.8) is 0 Å². The van der Waals surface area contributed by atoms with Gasteiger partial charge in [-0.05, 0) is 40.9 Å². The molecule has 2 aliphatic rings. The molecular weight excluding hydrogens is 370 g/mol. The standard InChI is InChI=1S/C27H27NO2/c29-26(30)27(21-12-6-2-7-13-21,22-14-8-3-9-15-22)16-23-24-18-28(19-25(23)24)17-20-10-4-1-5-11-20/h1-15,23-25H,16-19H2,(H,29,30). The number of rotatable bonds is 7. The summed E-state index contributed by atoms with van der Waals surface area (Å²) in [5, 5.41) is 10.5. The first-order valence-corrected chi connectivity index (χ1v) is 10.8. The summed E-state index contributed by atoms with van der Waals surface area (Å²) < 4.78 is 0. The SMILES string of the molecule is O=C(O)C(CC1C2CN(Cc3ccccc3)CC21)(c1ccccc1)c1ccccc1. The Morgan fingerprint density at radius 2 is 1.27 bits per heavy atom. The first kappa shape index (κ1) is 19.1. The van der Waals surface area contributed by atoms with Gasteiger partial charge in [-0.3, -0.25) is 9.69 Å². The van der Waals surface area contributed by atoms with Gasteiger partial charge in [0.1, 0.15) is 5.41 Å². The maximum atomic E-state index is 12.8. The minimum absolute atomic E-state index is 0.466. The van der Waals surface area contributed by atoms with Gasteiger partial charge in [-0.15, -0.1) is 0 Å². The van der Waals surface area contributed by atoms with Crippen molar-refractivity contribution in [3.8, 4) is 0 Å². The van der Waals surface area contributed by atoms with Crippen LogP contribution in [0.2, 0.25) is 0 Å². The van der Waals surface area contributed by atoms with E-state index in [0.717, 1.165) is 30.8 Å². The second-order valence-electron chi connectivity index (χ2n) is 8.82. The van der Waals surface area contributed by atoms with Crippen LogP contribution < -0.4 is 0 Å². The van der Waals surface area contributed by atoms with Crippen LogP contribution in [0.5, 0.6) is 0 Å². The Hall–Kier alpha value is -2.91. The molecule has 1 saturated carbocycles. The molecule has 2 unspecified atom stereocenters. The molecule has 0 aromatic heterocycles. The average molecular weight is 398 g/mol. The number of carboxylic acids is 1. The summed E-state index contributed by atoms with van der Waals surface area (Å²) in [4.78, 5) is 15.3. The van der Waals surface area contributed by atoms with Gasteiger partial charge in [0, 0.05) is 19.6 Å². The van der Waals surface area contributed by atoms with Crippen molar-refractivity contribution in [1.29, 1.82) is 0 Å². The van der Waals surface area contributed by atoms with Crippen molar-refractivity contribution in [3.05, 3.63) is 108 Å². The number of hydrogen-bond donors (Lipinski definition) is 1. The Labute approximate surface area is 178 Å². The topological polar surface area (TPSA) is 40.5 Å². The fourth-order valence-corrected chi connectivity index (χ4v) is 5.55. The van der Waals surface area contributed by atoms with Crippen molar-refractivity contribution in [2.75, 3.05) is 13.1 Å². The van der Waals surface area contributed by atoms with Crippen LogP contribution >= 0.6 is 0 Å². The minimum Gasteiger partial charge on any atom is -0.480 e. The maximum Gasteiger partial charge on any atom is 0.318 e. The molecule has 1 aliphatic carbocycles. The van der Waals surface area contributed by atoms with Gasteiger partial charge in [0.15, 0.2) is 0 Å². The molecule has 30 heavy (non-hydrogen) atoms.